The fraction of sp³-hybridized carbons (Fsp3) is 0.381. The number of nitrogens with zero attached hydrogens (tertiary/aromatic N) is 1. The van der Waals surface area contributed by atoms with Gasteiger partial charge in [-0.2, -0.15) is 0 Å². The molecule has 1 heterocycles. The number of allylic oxidation sites excluding steroid dienone is 1. The highest BCUT2D eigenvalue weighted by Crippen LogP contribution is 2.36. The number of furan rings is 1. The standard InChI is InChI=1S/C21H25NO4/c1-5-6-15-11-16(12-19(24-3)20(15)25-4)21(23)22(17-8-9-17)13-18-10-7-14(2)26-18/h5-7,10-12,17H,8-9,13H2,1-4H3/b6-5-. The zero-order valence-corrected chi connectivity index (χ0v) is 15.7. The second kappa shape index (κ2) is 7.68. The van der Waals surface area contributed by atoms with Crippen molar-refractivity contribution in [3.63, 3.8) is 0 Å². The van der Waals surface area contributed by atoms with E-state index in [0.717, 1.165) is 29.9 Å². The van der Waals surface area contributed by atoms with E-state index >= 15 is 0 Å². The summed E-state index contributed by atoms with van der Waals surface area (Å²) in [5.41, 5.74) is 1.41. The SMILES string of the molecule is C/C=C\c1cc(C(=O)N(Cc2ccc(C)o2)C2CC2)cc(OC)c1OC. The minimum absolute atomic E-state index is 0.0201. The molecule has 3 rings (SSSR count). The maximum Gasteiger partial charge on any atom is 0.254 e. The third-order valence-electron chi connectivity index (χ3n) is 4.47. The maximum absolute atomic E-state index is 13.2. The molecule has 1 fully saturated rings. The van der Waals surface area contributed by atoms with Gasteiger partial charge in [0.1, 0.15) is 11.5 Å². The van der Waals surface area contributed by atoms with Crippen molar-refractivity contribution in [1.29, 1.82) is 0 Å². The smallest absolute Gasteiger partial charge is 0.254 e. The monoisotopic (exact) mass is 355 g/mol. The summed E-state index contributed by atoms with van der Waals surface area (Å²) in [7, 11) is 3.18. The van der Waals surface area contributed by atoms with Gasteiger partial charge in [-0.05, 0) is 51.0 Å². The van der Waals surface area contributed by atoms with Crippen molar-refractivity contribution in [2.75, 3.05) is 14.2 Å². The van der Waals surface area contributed by atoms with Crippen LogP contribution in [0, 0.1) is 6.92 Å². The maximum atomic E-state index is 13.2. The third-order valence-corrected chi connectivity index (χ3v) is 4.47. The molecule has 1 aliphatic carbocycles. The largest absolute Gasteiger partial charge is 0.493 e. The van der Waals surface area contributed by atoms with Crippen LogP contribution in [0.25, 0.3) is 6.08 Å². The molecule has 0 spiro atoms. The van der Waals surface area contributed by atoms with Crippen LogP contribution in [0.15, 0.2) is 34.8 Å². The molecule has 0 radical (unpaired) electrons. The fourth-order valence-corrected chi connectivity index (χ4v) is 3.08. The predicted octanol–water partition coefficient (Wildman–Crippen LogP) is 4.44. The first-order valence-corrected chi connectivity index (χ1v) is 8.82. The predicted molar refractivity (Wildman–Crippen MR) is 101 cm³/mol. The van der Waals surface area contributed by atoms with Crippen molar-refractivity contribution in [3.8, 4) is 11.5 Å². The molecular weight excluding hydrogens is 330 g/mol. The highest BCUT2D eigenvalue weighted by Gasteiger charge is 2.34. The summed E-state index contributed by atoms with van der Waals surface area (Å²) in [5, 5.41) is 0. The van der Waals surface area contributed by atoms with Crippen LogP contribution in [0.1, 0.15) is 47.2 Å². The molecule has 0 bridgehead atoms. The lowest BCUT2D eigenvalue weighted by Gasteiger charge is -2.22. The summed E-state index contributed by atoms with van der Waals surface area (Å²) in [4.78, 5) is 15.1. The number of carbonyl (C=O) groups is 1. The summed E-state index contributed by atoms with van der Waals surface area (Å²) < 4.78 is 16.6. The molecule has 0 unspecified atom stereocenters. The minimum atomic E-state index is -0.0201. The van der Waals surface area contributed by atoms with Gasteiger partial charge in [-0.3, -0.25) is 4.79 Å². The zero-order chi connectivity index (χ0) is 18.7. The lowest BCUT2D eigenvalue weighted by atomic mass is 10.1. The molecule has 1 amide bonds. The van der Waals surface area contributed by atoms with Gasteiger partial charge in [0.25, 0.3) is 5.91 Å². The molecule has 0 atom stereocenters. The Balaban J connectivity index is 1.94. The van der Waals surface area contributed by atoms with Crippen molar-refractivity contribution >= 4 is 12.0 Å². The summed E-state index contributed by atoms with van der Waals surface area (Å²) in [6.07, 6.45) is 5.88. The van der Waals surface area contributed by atoms with E-state index in [4.69, 9.17) is 13.9 Å². The van der Waals surface area contributed by atoms with Crippen LogP contribution >= 0.6 is 0 Å². The molecule has 5 nitrogen and oxygen atoms in total. The number of hydrogen-bond donors (Lipinski definition) is 0. The summed E-state index contributed by atoms with van der Waals surface area (Å²) in [6, 6.07) is 7.72. The lowest BCUT2D eigenvalue weighted by molar-refractivity contribution is 0.0716. The Morgan fingerprint density at radius 3 is 2.58 bits per heavy atom. The molecule has 138 valence electrons. The van der Waals surface area contributed by atoms with E-state index in [0.29, 0.717) is 23.6 Å². The molecule has 1 aromatic carbocycles. The average Bonchev–Trinajstić information content (AvgIpc) is 3.40. The van der Waals surface area contributed by atoms with Crippen molar-refractivity contribution in [2.45, 2.75) is 39.3 Å². The summed E-state index contributed by atoms with van der Waals surface area (Å²) in [6.45, 7) is 4.31. The van der Waals surface area contributed by atoms with Gasteiger partial charge in [0.2, 0.25) is 0 Å². The van der Waals surface area contributed by atoms with E-state index in [1.165, 1.54) is 0 Å². The van der Waals surface area contributed by atoms with Gasteiger partial charge in [-0.25, -0.2) is 0 Å². The Kier molecular flexibility index (Phi) is 5.35. The normalized spacial score (nSPS) is 13.8. The molecule has 5 heteroatoms. The zero-order valence-electron chi connectivity index (χ0n) is 15.7. The first-order valence-electron chi connectivity index (χ1n) is 8.82. The summed E-state index contributed by atoms with van der Waals surface area (Å²) in [5.74, 6) is 2.81. The van der Waals surface area contributed by atoms with Crippen molar-refractivity contribution in [1.82, 2.24) is 4.90 Å². The molecule has 1 aliphatic rings. The second-order valence-electron chi connectivity index (χ2n) is 6.48. The van der Waals surface area contributed by atoms with Crippen LogP contribution in [-0.2, 0) is 6.54 Å². The summed E-state index contributed by atoms with van der Waals surface area (Å²) >= 11 is 0. The van der Waals surface area contributed by atoms with E-state index in [1.807, 2.05) is 49.1 Å². The van der Waals surface area contributed by atoms with Gasteiger partial charge < -0.3 is 18.8 Å². The Bertz CT molecular complexity index is 817. The number of benzene rings is 1. The number of hydrogen-bond acceptors (Lipinski definition) is 4. The van der Waals surface area contributed by atoms with Crippen molar-refractivity contribution in [2.24, 2.45) is 0 Å². The number of carbonyl (C=O) groups excluding carboxylic acids is 1. The highest BCUT2D eigenvalue weighted by atomic mass is 16.5. The second-order valence-corrected chi connectivity index (χ2v) is 6.48. The first-order chi connectivity index (χ1) is 12.6. The highest BCUT2D eigenvalue weighted by molar-refractivity contribution is 5.96. The van der Waals surface area contributed by atoms with Crippen LogP contribution in [0.4, 0.5) is 0 Å². The van der Waals surface area contributed by atoms with Gasteiger partial charge >= 0.3 is 0 Å². The molecule has 2 aromatic rings. The third kappa shape index (κ3) is 3.77. The van der Waals surface area contributed by atoms with E-state index in [1.54, 1.807) is 20.3 Å². The van der Waals surface area contributed by atoms with Gasteiger partial charge in [0.05, 0.1) is 20.8 Å². The van der Waals surface area contributed by atoms with Crippen LogP contribution in [0.5, 0.6) is 11.5 Å². The Morgan fingerprint density at radius 1 is 1.27 bits per heavy atom. The number of aryl methyl sites for hydroxylation is 1. The molecule has 0 saturated heterocycles. The van der Waals surface area contributed by atoms with Gasteiger partial charge in [0.15, 0.2) is 11.5 Å². The Morgan fingerprint density at radius 2 is 2.04 bits per heavy atom. The van der Waals surface area contributed by atoms with E-state index in [2.05, 4.69) is 0 Å². The number of amides is 1. The molecular formula is C21H25NO4. The average molecular weight is 355 g/mol. The van der Waals surface area contributed by atoms with Crippen LogP contribution in [0.2, 0.25) is 0 Å². The van der Waals surface area contributed by atoms with Crippen LogP contribution in [0.3, 0.4) is 0 Å². The molecule has 1 saturated carbocycles. The molecule has 0 aliphatic heterocycles. The lowest BCUT2D eigenvalue weighted by Crippen LogP contribution is -2.32. The van der Waals surface area contributed by atoms with Crippen LogP contribution in [-0.4, -0.2) is 31.1 Å². The molecule has 0 N–H and O–H groups in total. The number of rotatable bonds is 7. The quantitative estimate of drug-likeness (QED) is 0.737. The topological polar surface area (TPSA) is 51.9 Å². The molecule has 26 heavy (non-hydrogen) atoms. The van der Waals surface area contributed by atoms with Gasteiger partial charge in [0, 0.05) is 17.2 Å². The number of methoxy groups -OCH3 is 2. The fourth-order valence-electron chi connectivity index (χ4n) is 3.08. The van der Waals surface area contributed by atoms with Gasteiger partial charge in [-0.1, -0.05) is 12.2 Å². The Labute approximate surface area is 154 Å². The van der Waals surface area contributed by atoms with Crippen molar-refractivity contribution < 1.29 is 18.7 Å². The van der Waals surface area contributed by atoms with E-state index in [9.17, 15) is 4.79 Å². The van der Waals surface area contributed by atoms with E-state index < -0.39 is 0 Å². The molecule has 1 aromatic heterocycles. The van der Waals surface area contributed by atoms with E-state index in [-0.39, 0.29) is 11.9 Å². The van der Waals surface area contributed by atoms with Crippen molar-refractivity contribution in [3.05, 3.63) is 53.0 Å². The first kappa shape index (κ1) is 18.1. The van der Waals surface area contributed by atoms with Crippen LogP contribution < -0.4 is 9.47 Å². The minimum Gasteiger partial charge on any atom is -0.493 e. The number of ether oxygens (including phenoxy) is 2. The Hall–Kier alpha value is -2.69. The van der Waals surface area contributed by atoms with Gasteiger partial charge in [-0.15, -0.1) is 0 Å².